The highest BCUT2D eigenvalue weighted by Gasteiger charge is 2.21. The van der Waals surface area contributed by atoms with Crippen molar-refractivity contribution in [1.82, 2.24) is 0 Å². The minimum atomic E-state index is -0.654. The van der Waals surface area contributed by atoms with Gasteiger partial charge in [-0.15, -0.1) is 0 Å². The zero-order valence-electron chi connectivity index (χ0n) is 48.9. The SMILES string of the molecule is COC(=O)c1ccc(NC(=O)c2ccc(NC(=O)c3ccc(NC(C)=O)c(OCc4ccccc4)c3)c(OCc3ccc(F)cc3)c2)c(O)c1.COC(=O)c1ccc(NC(=O)c2ccc(NC(C)=O)c(OCc3ccccc3)c2)c(OCc2ccc(F)cc2)c1. The Morgan fingerprint density at radius 2 is 0.622 bits per heavy atom. The van der Waals surface area contributed by atoms with Crippen LogP contribution in [0.2, 0.25) is 0 Å². The van der Waals surface area contributed by atoms with Gasteiger partial charge < -0.3 is 60.1 Å². The van der Waals surface area contributed by atoms with Gasteiger partial charge in [0.15, 0.2) is 0 Å². The highest BCUT2D eigenvalue weighted by molar-refractivity contribution is 6.09. The standard InChI is InChI=1S/C38H32FN3O8.C31H27FN2O6/c1-23(43)40-31-16-10-27(19-34(31)49-21-24-6-4-3-5-7-24)37(46)42-32-17-11-26(20-35(32)50-22-25-8-13-29(39)14-9-25)36(45)41-30-15-12-28(18-33(30)44)38(47)48-2;1-20(35)33-26-14-10-23(16-28(26)39-18-21-6-4-3-5-7-21)30(36)34-27-15-11-24(31(37)38-2)17-29(27)40-19-22-8-12-25(32)13-9-22/h3-20,44H,21-22H2,1-2H3,(H,40,43)(H,41,45)(H,42,46);3-17H,18-19H2,1-2H3,(H,33,35)(H,34,36). The minimum absolute atomic E-state index is 0.0209. The highest BCUT2D eigenvalue weighted by Crippen LogP contribution is 2.34. The van der Waals surface area contributed by atoms with Crippen LogP contribution in [-0.4, -0.2) is 60.8 Å². The molecule has 5 amide bonds. The lowest BCUT2D eigenvalue weighted by atomic mass is 10.1. The van der Waals surface area contributed by atoms with E-state index < -0.39 is 35.5 Å². The van der Waals surface area contributed by atoms with E-state index in [1.807, 2.05) is 60.7 Å². The predicted molar refractivity (Wildman–Crippen MR) is 332 cm³/mol. The first-order valence-corrected chi connectivity index (χ1v) is 27.5. The van der Waals surface area contributed by atoms with Crippen molar-refractivity contribution in [3.8, 4) is 28.7 Å². The van der Waals surface area contributed by atoms with Crippen LogP contribution in [0.15, 0.2) is 200 Å². The monoisotopic (exact) mass is 1220 g/mol. The molecule has 9 aromatic rings. The third kappa shape index (κ3) is 18.3. The molecule has 0 fully saturated rings. The molecule has 19 nitrogen and oxygen atoms in total. The molecule has 6 N–H and O–H groups in total. The number of ether oxygens (including phenoxy) is 6. The van der Waals surface area contributed by atoms with Gasteiger partial charge in [-0.2, -0.15) is 0 Å². The summed E-state index contributed by atoms with van der Waals surface area (Å²) in [6, 6.07) is 52.3. The fraction of sp³-hybridized carbons (Fsp3) is 0.116. The Morgan fingerprint density at radius 1 is 0.344 bits per heavy atom. The van der Waals surface area contributed by atoms with Gasteiger partial charge >= 0.3 is 11.9 Å². The maximum Gasteiger partial charge on any atom is 0.337 e. The van der Waals surface area contributed by atoms with Gasteiger partial charge in [0, 0.05) is 30.5 Å². The number of hydrogen-bond donors (Lipinski definition) is 6. The molecule has 0 unspecified atom stereocenters. The number of rotatable bonds is 22. The van der Waals surface area contributed by atoms with Crippen molar-refractivity contribution < 1.29 is 75.9 Å². The van der Waals surface area contributed by atoms with E-state index in [4.69, 9.17) is 23.7 Å². The molecule has 0 atom stereocenters. The smallest absolute Gasteiger partial charge is 0.337 e. The first-order chi connectivity index (χ1) is 43.4. The number of phenols is 1. The van der Waals surface area contributed by atoms with E-state index in [0.29, 0.717) is 33.9 Å². The number of anilines is 5. The summed E-state index contributed by atoms with van der Waals surface area (Å²) in [4.78, 5) is 87.4. The molecule has 0 saturated carbocycles. The largest absolute Gasteiger partial charge is 0.506 e. The number of halogens is 2. The number of hydrogen-bond acceptors (Lipinski definition) is 14. The van der Waals surface area contributed by atoms with Crippen LogP contribution in [0.4, 0.5) is 37.2 Å². The van der Waals surface area contributed by atoms with E-state index >= 15 is 0 Å². The molecule has 0 aliphatic rings. The van der Waals surface area contributed by atoms with Crippen LogP contribution in [0.5, 0.6) is 28.7 Å². The van der Waals surface area contributed by atoms with E-state index in [2.05, 4.69) is 31.3 Å². The van der Waals surface area contributed by atoms with Gasteiger partial charge in [0.25, 0.3) is 17.7 Å². The van der Waals surface area contributed by atoms with E-state index in [-0.39, 0.29) is 106 Å². The average molecular weight is 1220 g/mol. The van der Waals surface area contributed by atoms with E-state index in [0.717, 1.165) is 17.2 Å². The molecule has 0 bridgehead atoms. The lowest BCUT2D eigenvalue weighted by molar-refractivity contribution is -0.115. The van der Waals surface area contributed by atoms with Crippen LogP contribution >= 0.6 is 0 Å². The Labute approximate surface area is 515 Å². The third-order valence-corrected chi connectivity index (χ3v) is 13.0. The van der Waals surface area contributed by atoms with Crippen molar-refractivity contribution in [2.45, 2.75) is 40.3 Å². The second-order valence-electron chi connectivity index (χ2n) is 19.7. The maximum absolute atomic E-state index is 13.5. The first-order valence-electron chi connectivity index (χ1n) is 27.5. The number of methoxy groups -OCH3 is 2. The van der Waals surface area contributed by atoms with E-state index in [1.54, 1.807) is 42.5 Å². The minimum Gasteiger partial charge on any atom is -0.506 e. The second kappa shape index (κ2) is 31.0. The molecule has 458 valence electrons. The fourth-order valence-corrected chi connectivity index (χ4v) is 8.45. The number of esters is 2. The Morgan fingerprint density at radius 3 is 0.944 bits per heavy atom. The predicted octanol–water partition coefficient (Wildman–Crippen LogP) is 12.9. The Bertz CT molecular complexity index is 4060. The molecule has 0 aliphatic heterocycles. The van der Waals surface area contributed by atoms with Crippen molar-refractivity contribution in [3.63, 3.8) is 0 Å². The number of carbonyl (C=O) groups is 7. The summed E-state index contributed by atoms with van der Waals surface area (Å²) in [5, 5.41) is 24.0. The van der Waals surface area contributed by atoms with E-state index in [9.17, 15) is 47.4 Å². The molecule has 9 rings (SSSR count). The van der Waals surface area contributed by atoms with Gasteiger partial charge in [0.1, 0.15) is 66.8 Å². The van der Waals surface area contributed by atoms with Crippen molar-refractivity contribution >= 4 is 69.9 Å². The molecule has 9 aromatic carbocycles. The fourth-order valence-electron chi connectivity index (χ4n) is 8.45. The zero-order valence-corrected chi connectivity index (χ0v) is 48.9. The van der Waals surface area contributed by atoms with Crippen molar-refractivity contribution in [2.75, 3.05) is 40.8 Å². The van der Waals surface area contributed by atoms with E-state index in [1.165, 1.54) is 119 Å². The van der Waals surface area contributed by atoms with Crippen molar-refractivity contribution in [3.05, 3.63) is 262 Å². The van der Waals surface area contributed by atoms with Gasteiger partial charge in [-0.25, -0.2) is 18.4 Å². The summed E-state index contributed by atoms with van der Waals surface area (Å²) in [5.74, 6) is -3.66. The summed E-state index contributed by atoms with van der Waals surface area (Å²) in [6.07, 6.45) is 0. The first kappa shape index (κ1) is 64.1. The number of phenolic OH excluding ortho intramolecular Hbond substituents is 1. The number of nitrogens with one attached hydrogen (secondary N) is 5. The summed E-state index contributed by atoms with van der Waals surface area (Å²) in [6.45, 7) is 3.21. The Balaban J connectivity index is 0.000000238. The van der Waals surface area contributed by atoms with Gasteiger partial charge in [0.05, 0.1) is 53.8 Å². The van der Waals surface area contributed by atoms with Crippen LogP contribution in [0, 0.1) is 11.6 Å². The molecular weight excluding hydrogens is 1160 g/mol. The number of carbonyl (C=O) groups excluding carboxylic acids is 7. The molecule has 0 heterocycles. The van der Waals surface area contributed by atoms with Gasteiger partial charge in [-0.05, 0) is 138 Å². The van der Waals surface area contributed by atoms with Crippen LogP contribution in [-0.2, 0) is 45.5 Å². The highest BCUT2D eigenvalue weighted by atomic mass is 19.1. The molecule has 0 saturated heterocycles. The molecule has 0 aromatic heterocycles. The summed E-state index contributed by atoms with van der Waals surface area (Å²) in [5.41, 5.74) is 5.40. The third-order valence-electron chi connectivity index (χ3n) is 13.0. The summed E-state index contributed by atoms with van der Waals surface area (Å²) in [7, 11) is 2.47. The lowest BCUT2D eigenvalue weighted by Gasteiger charge is -2.16. The quantitative estimate of drug-likeness (QED) is 0.0273. The van der Waals surface area contributed by atoms with Gasteiger partial charge in [-0.3, -0.25) is 24.0 Å². The summed E-state index contributed by atoms with van der Waals surface area (Å²) < 4.78 is 60.0. The topological polar surface area (TPSA) is 255 Å². The average Bonchev–Trinajstić information content (AvgIpc) is 2.08. The van der Waals surface area contributed by atoms with Gasteiger partial charge in [0.2, 0.25) is 11.8 Å². The maximum atomic E-state index is 13.5. The molecule has 21 heteroatoms. The zero-order chi connectivity index (χ0) is 64.1. The lowest BCUT2D eigenvalue weighted by Crippen LogP contribution is -2.16. The Kier molecular flexibility index (Phi) is 22.1. The molecular formula is C69H59F2N5O14. The van der Waals surface area contributed by atoms with Crippen LogP contribution in [0.3, 0.4) is 0 Å². The molecule has 0 aliphatic carbocycles. The van der Waals surface area contributed by atoms with Crippen LogP contribution in [0.25, 0.3) is 0 Å². The molecule has 0 spiro atoms. The second-order valence-corrected chi connectivity index (χ2v) is 19.7. The van der Waals surface area contributed by atoms with Crippen LogP contribution in [0.1, 0.15) is 87.9 Å². The van der Waals surface area contributed by atoms with Crippen molar-refractivity contribution in [1.29, 1.82) is 0 Å². The number of amides is 5. The normalized spacial score (nSPS) is 10.4. The van der Waals surface area contributed by atoms with Crippen LogP contribution < -0.4 is 45.5 Å². The van der Waals surface area contributed by atoms with Gasteiger partial charge in [-0.1, -0.05) is 84.9 Å². The van der Waals surface area contributed by atoms with Crippen molar-refractivity contribution in [2.24, 2.45) is 0 Å². The Hall–Kier alpha value is -11.9. The molecule has 0 radical (unpaired) electrons. The summed E-state index contributed by atoms with van der Waals surface area (Å²) >= 11 is 0. The number of aromatic hydroxyl groups is 1. The number of benzene rings is 9. The molecule has 90 heavy (non-hydrogen) atoms.